The Hall–Kier alpha value is -2.61. The van der Waals surface area contributed by atoms with Gasteiger partial charge in [0.05, 0.1) is 11.0 Å². The number of aromatic nitrogens is 2. The van der Waals surface area contributed by atoms with Crippen LogP contribution in [0.2, 0.25) is 0 Å². The van der Waals surface area contributed by atoms with Gasteiger partial charge in [0.1, 0.15) is 0 Å². The van der Waals surface area contributed by atoms with Gasteiger partial charge in [0, 0.05) is 28.9 Å². The molecule has 0 spiro atoms. The molecule has 2 heterocycles. The molecule has 0 amide bonds. The first-order valence-corrected chi connectivity index (χ1v) is 6.34. The SMILES string of the molecule is c1cnc2c(-c3cccc4cc[nH]c34)cccc2c1. The Bertz CT molecular complexity index is 869. The zero-order valence-corrected chi connectivity index (χ0v) is 10.3. The topological polar surface area (TPSA) is 28.7 Å². The number of para-hydroxylation sites is 2. The maximum Gasteiger partial charge on any atom is 0.0781 e. The maximum absolute atomic E-state index is 4.53. The van der Waals surface area contributed by atoms with Crippen molar-refractivity contribution in [2.24, 2.45) is 0 Å². The second-order valence-corrected chi connectivity index (χ2v) is 4.63. The van der Waals surface area contributed by atoms with E-state index in [-0.39, 0.29) is 0 Å². The highest BCUT2D eigenvalue weighted by atomic mass is 14.7. The van der Waals surface area contributed by atoms with Crippen LogP contribution < -0.4 is 0 Å². The number of hydrogen-bond donors (Lipinski definition) is 1. The van der Waals surface area contributed by atoms with Gasteiger partial charge in [0.2, 0.25) is 0 Å². The normalized spacial score (nSPS) is 11.2. The second kappa shape index (κ2) is 3.95. The van der Waals surface area contributed by atoms with Crippen molar-refractivity contribution in [1.29, 1.82) is 0 Å². The van der Waals surface area contributed by atoms with Crippen LogP contribution in [0.5, 0.6) is 0 Å². The van der Waals surface area contributed by atoms with Crippen molar-refractivity contribution in [3.05, 3.63) is 67.0 Å². The molecule has 0 aliphatic carbocycles. The molecule has 2 nitrogen and oxygen atoms in total. The van der Waals surface area contributed by atoms with Crippen LogP contribution >= 0.6 is 0 Å². The van der Waals surface area contributed by atoms with Crippen molar-refractivity contribution in [3.63, 3.8) is 0 Å². The lowest BCUT2D eigenvalue weighted by Crippen LogP contribution is -1.85. The van der Waals surface area contributed by atoms with Crippen molar-refractivity contribution in [2.75, 3.05) is 0 Å². The fraction of sp³-hybridized carbons (Fsp3) is 0. The van der Waals surface area contributed by atoms with Gasteiger partial charge in [-0.3, -0.25) is 4.98 Å². The van der Waals surface area contributed by atoms with Crippen LogP contribution in [-0.2, 0) is 0 Å². The highest BCUT2D eigenvalue weighted by Gasteiger charge is 2.08. The first-order valence-electron chi connectivity index (χ1n) is 6.34. The third-order valence-electron chi connectivity index (χ3n) is 3.51. The summed E-state index contributed by atoms with van der Waals surface area (Å²) in [4.78, 5) is 7.86. The fourth-order valence-corrected chi connectivity index (χ4v) is 2.63. The average molecular weight is 244 g/mol. The molecule has 0 radical (unpaired) electrons. The monoisotopic (exact) mass is 244 g/mol. The van der Waals surface area contributed by atoms with E-state index in [1.165, 1.54) is 27.4 Å². The third kappa shape index (κ3) is 1.54. The molecule has 1 N–H and O–H groups in total. The van der Waals surface area contributed by atoms with Crippen molar-refractivity contribution in [2.45, 2.75) is 0 Å². The van der Waals surface area contributed by atoms with E-state index in [1.807, 2.05) is 18.5 Å². The molecule has 2 aromatic carbocycles. The van der Waals surface area contributed by atoms with Gasteiger partial charge in [0.15, 0.2) is 0 Å². The number of rotatable bonds is 1. The second-order valence-electron chi connectivity index (χ2n) is 4.63. The third-order valence-corrected chi connectivity index (χ3v) is 3.51. The molecule has 0 fully saturated rings. The van der Waals surface area contributed by atoms with Crippen LogP contribution in [0.15, 0.2) is 67.0 Å². The minimum Gasteiger partial charge on any atom is -0.361 e. The molecule has 4 rings (SSSR count). The van der Waals surface area contributed by atoms with Crippen molar-refractivity contribution < 1.29 is 0 Å². The molecule has 0 bridgehead atoms. The number of benzene rings is 2. The lowest BCUT2D eigenvalue weighted by atomic mass is 10.00. The molecule has 0 saturated heterocycles. The van der Waals surface area contributed by atoms with Crippen LogP contribution in [0.25, 0.3) is 32.9 Å². The summed E-state index contributed by atoms with van der Waals surface area (Å²) in [6, 6.07) is 18.8. The molecule has 4 aromatic rings. The summed E-state index contributed by atoms with van der Waals surface area (Å²) in [5, 5.41) is 2.40. The fourth-order valence-electron chi connectivity index (χ4n) is 2.63. The Labute approximate surface area is 110 Å². The summed E-state index contributed by atoms with van der Waals surface area (Å²) in [5.41, 5.74) is 4.59. The number of hydrogen-bond acceptors (Lipinski definition) is 1. The van der Waals surface area contributed by atoms with Crippen molar-refractivity contribution in [3.8, 4) is 11.1 Å². The largest absolute Gasteiger partial charge is 0.361 e. The minimum absolute atomic E-state index is 1.05. The predicted molar refractivity (Wildman–Crippen MR) is 79.0 cm³/mol. The highest BCUT2D eigenvalue weighted by molar-refractivity contribution is 6.02. The zero-order valence-electron chi connectivity index (χ0n) is 10.3. The lowest BCUT2D eigenvalue weighted by molar-refractivity contribution is 1.41. The zero-order chi connectivity index (χ0) is 12.7. The van der Waals surface area contributed by atoms with E-state index in [2.05, 4.69) is 58.5 Å². The summed E-state index contributed by atoms with van der Waals surface area (Å²) >= 11 is 0. The number of fused-ring (bicyclic) bond motifs is 2. The molecular formula is C17H12N2. The molecule has 2 heteroatoms. The molecule has 0 saturated carbocycles. The number of aromatic amines is 1. The van der Waals surface area contributed by atoms with E-state index in [4.69, 9.17) is 0 Å². The Kier molecular flexibility index (Phi) is 2.15. The van der Waals surface area contributed by atoms with Crippen molar-refractivity contribution >= 4 is 21.8 Å². The molecule has 2 aromatic heterocycles. The van der Waals surface area contributed by atoms with Gasteiger partial charge in [-0.2, -0.15) is 0 Å². The van der Waals surface area contributed by atoms with Crippen LogP contribution in [0.3, 0.4) is 0 Å². The summed E-state index contributed by atoms with van der Waals surface area (Å²) in [7, 11) is 0. The van der Waals surface area contributed by atoms with Crippen molar-refractivity contribution in [1.82, 2.24) is 9.97 Å². The Morgan fingerprint density at radius 3 is 2.47 bits per heavy atom. The Morgan fingerprint density at radius 1 is 0.737 bits per heavy atom. The Balaban J connectivity index is 2.12. The molecule has 19 heavy (non-hydrogen) atoms. The van der Waals surface area contributed by atoms with Gasteiger partial charge in [-0.1, -0.05) is 42.5 Å². The number of nitrogens with zero attached hydrogens (tertiary/aromatic N) is 1. The van der Waals surface area contributed by atoms with Gasteiger partial charge < -0.3 is 4.98 Å². The first kappa shape index (κ1) is 10.3. The molecule has 0 atom stereocenters. The minimum atomic E-state index is 1.05. The number of H-pyrrole nitrogens is 1. The smallest absolute Gasteiger partial charge is 0.0781 e. The van der Waals surface area contributed by atoms with Gasteiger partial charge in [-0.15, -0.1) is 0 Å². The Morgan fingerprint density at radius 2 is 1.53 bits per heavy atom. The molecule has 90 valence electrons. The van der Waals surface area contributed by atoms with Crippen LogP contribution in [0.4, 0.5) is 0 Å². The quantitative estimate of drug-likeness (QED) is 0.528. The van der Waals surface area contributed by atoms with E-state index in [9.17, 15) is 0 Å². The van der Waals surface area contributed by atoms with E-state index in [0.29, 0.717) is 0 Å². The highest BCUT2D eigenvalue weighted by Crippen LogP contribution is 2.31. The van der Waals surface area contributed by atoms with E-state index >= 15 is 0 Å². The van der Waals surface area contributed by atoms with Gasteiger partial charge in [0.25, 0.3) is 0 Å². The predicted octanol–water partition coefficient (Wildman–Crippen LogP) is 4.38. The van der Waals surface area contributed by atoms with E-state index in [1.54, 1.807) is 0 Å². The summed E-state index contributed by atoms with van der Waals surface area (Å²) < 4.78 is 0. The summed E-state index contributed by atoms with van der Waals surface area (Å²) in [6.07, 6.45) is 3.83. The van der Waals surface area contributed by atoms with Crippen LogP contribution in [-0.4, -0.2) is 9.97 Å². The summed E-state index contributed by atoms with van der Waals surface area (Å²) in [5.74, 6) is 0. The number of pyridine rings is 1. The average Bonchev–Trinajstić information content (AvgIpc) is 2.95. The van der Waals surface area contributed by atoms with Crippen LogP contribution in [0.1, 0.15) is 0 Å². The van der Waals surface area contributed by atoms with Gasteiger partial charge in [-0.05, 0) is 17.5 Å². The molecule has 0 unspecified atom stereocenters. The van der Waals surface area contributed by atoms with E-state index < -0.39 is 0 Å². The molecule has 0 aliphatic rings. The number of nitrogens with one attached hydrogen (secondary N) is 1. The van der Waals surface area contributed by atoms with Crippen LogP contribution in [0, 0.1) is 0 Å². The lowest BCUT2D eigenvalue weighted by Gasteiger charge is -2.07. The molecular weight excluding hydrogens is 232 g/mol. The first-order chi connectivity index (χ1) is 9.43. The van der Waals surface area contributed by atoms with Gasteiger partial charge in [-0.25, -0.2) is 0 Å². The van der Waals surface area contributed by atoms with Gasteiger partial charge >= 0.3 is 0 Å². The maximum atomic E-state index is 4.53. The standard InChI is InChI=1S/C17H12N2/c1-4-12-6-3-10-18-16(12)14(7-1)15-8-2-5-13-9-11-19-17(13)15/h1-11,19H. The molecule has 0 aliphatic heterocycles. The van der Waals surface area contributed by atoms with E-state index in [0.717, 1.165) is 5.52 Å². The summed E-state index contributed by atoms with van der Waals surface area (Å²) in [6.45, 7) is 0.